The number of pyridine rings is 1. The van der Waals surface area contributed by atoms with Gasteiger partial charge in [0.1, 0.15) is 11.6 Å². The molecule has 0 fully saturated rings. The average molecular weight is 375 g/mol. The minimum Gasteiger partial charge on any atom is -0.309 e. The lowest BCUT2D eigenvalue weighted by molar-refractivity contribution is -0.120. The fourth-order valence-corrected chi connectivity index (χ4v) is 3.54. The Kier molecular flexibility index (Phi) is 5.46. The third-order valence-corrected chi connectivity index (χ3v) is 5.15. The van der Waals surface area contributed by atoms with Gasteiger partial charge in [0.05, 0.1) is 11.7 Å². The number of nitrogens with one attached hydrogen (secondary N) is 1. The van der Waals surface area contributed by atoms with E-state index in [-0.39, 0.29) is 11.8 Å². The van der Waals surface area contributed by atoms with Crippen molar-refractivity contribution >= 4 is 22.6 Å². The molecule has 0 atom stereocenters. The summed E-state index contributed by atoms with van der Waals surface area (Å²) in [6, 6.07) is 8.26. The van der Waals surface area contributed by atoms with Crippen molar-refractivity contribution in [2.45, 2.75) is 47.5 Å². The van der Waals surface area contributed by atoms with Crippen LogP contribution < -0.4 is 5.32 Å². The van der Waals surface area contributed by atoms with Crippen molar-refractivity contribution in [1.29, 1.82) is 5.26 Å². The van der Waals surface area contributed by atoms with Gasteiger partial charge < -0.3 is 5.32 Å². The number of hydrogen-bond acceptors (Lipinski definition) is 4. The Hall–Kier alpha value is -3.20. The molecule has 6 nitrogen and oxygen atoms in total. The Morgan fingerprint density at radius 2 is 1.89 bits per heavy atom. The van der Waals surface area contributed by atoms with Crippen molar-refractivity contribution in [2.75, 3.05) is 5.32 Å². The summed E-state index contributed by atoms with van der Waals surface area (Å²) in [5.41, 5.74) is 4.55. The Morgan fingerprint density at radius 3 is 2.54 bits per heavy atom. The first-order valence-electron chi connectivity index (χ1n) is 9.57. The number of rotatable bonds is 5. The maximum atomic E-state index is 12.6. The first kappa shape index (κ1) is 19.6. The topological polar surface area (TPSA) is 83.6 Å². The van der Waals surface area contributed by atoms with Crippen LogP contribution in [0.15, 0.2) is 24.4 Å². The highest BCUT2D eigenvalue weighted by atomic mass is 16.2. The summed E-state index contributed by atoms with van der Waals surface area (Å²) in [5, 5.41) is 17.8. The molecule has 1 aromatic carbocycles. The molecule has 0 saturated heterocycles. The molecule has 0 radical (unpaired) electrons. The molecule has 2 aromatic heterocycles. The fraction of sp³-hybridized carbons (Fsp3) is 0.364. The van der Waals surface area contributed by atoms with Gasteiger partial charge in [0.25, 0.3) is 0 Å². The molecule has 1 N–H and O–H groups in total. The molecule has 0 aliphatic rings. The normalized spacial score (nSPS) is 11.0. The fourth-order valence-electron chi connectivity index (χ4n) is 3.54. The summed E-state index contributed by atoms with van der Waals surface area (Å²) in [4.78, 5) is 17.4. The lowest BCUT2D eigenvalue weighted by atomic mass is 10.0. The maximum absolute atomic E-state index is 12.6. The van der Waals surface area contributed by atoms with Gasteiger partial charge in [0.15, 0.2) is 11.6 Å². The smallest absolute Gasteiger partial charge is 0.228 e. The minimum absolute atomic E-state index is 0.104. The zero-order chi connectivity index (χ0) is 20.4. The number of fused-ring (bicyclic) bond motifs is 1. The van der Waals surface area contributed by atoms with Gasteiger partial charge in [-0.2, -0.15) is 15.0 Å². The lowest BCUT2D eigenvalue weighted by Crippen LogP contribution is -2.24. The molecule has 3 rings (SSSR count). The summed E-state index contributed by atoms with van der Waals surface area (Å²) in [6.07, 6.45) is 2.94. The van der Waals surface area contributed by atoms with Crippen molar-refractivity contribution < 1.29 is 4.79 Å². The summed E-state index contributed by atoms with van der Waals surface area (Å²) in [6.45, 7) is 10.1. The average Bonchev–Trinajstić information content (AvgIpc) is 3.06. The predicted octanol–water partition coefficient (Wildman–Crippen LogP) is 4.59. The molecule has 0 spiro atoms. The highest BCUT2D eigenvalue weighted by Gasteiger charge is 2.21. The monoisotopic (exact) mass is 375 g/mol. The standard InChI is InChI=1S/C22H25N5O/c1-6-16(7-2)22(28)26-21-17(11-23)12-24-27(21)19-10-14(4)18-9-13(3)8-15(5)20(18)25-19/h8-10,12,16H,6-7H2,1-5H3,(H,26,28). The largest absolute Gasteiger partial charge is 0.309 e. The Balaban J connectivity index is 2.13. The highest BCUT2D eigenvalue weighted by Crippen LogP contribution is 2.27. The zero-order valence-corrected chi connectivity index (χ0v) is 17.0. The molecule has 0 unspecified atom stereocenters. The van der Waals surface area contributed by atoms with Crippen molar-refractivity contribution in [3.8, 4) is 11.9 Å². The van der Waals surface area contributed by atoms with E-state index in [1.807, 2.05) is 33.8 Å². The van der Waals surface area contributed by atoms with Gasteiger partial charge in [-0.15, -0.1) is 0 Å². The zero-order valence-electron chi connectivity index (χ0n) is 17.0. The second-order valence-electron chi connectivity index (χ2n) is 7.21. The van der Waals surface area contributed by atoms with Crippen LogP contribution in [0.3, 0.4) is 0 Å². The van der Waals surface area contributed by atoms with E-state index in [9.17, 15) is 10.1 Å². The molecule has 0 saturated carbocycles. The van der Waals surface area contributed by atoms with Crippen LogP contribution in [0.5, 0.6) is 0 Å². The third-order valence-electron chi connectivity index (χ3n) is 5.15. The van der Waals surface area contributed by atoms with E-state index in [0.717, 1.165) is 34.9 Å². The van der Waals surface area contributed by atoms with E-state index >= 15 is 0 Å². The SMILES string of the molecule is CCC(CC)C(=O)Nc1c(C#N)cnn1-c1cc(C)c2cc(C)cc(C)c2n1. The van der Waals surface area contributed by atoms with Crippen LogP contribution in [0, 0.1) is 38.0 Å². The second kappa shape index (κ2) is 7.81. The molecule has 3 aromatic rings. The second-order valence-corrected chi connectivity index (χ2v) is 7.21. The van der Waals surface area contributed by atoms with Gasteiger partial charge in [-0.1, -0.05) is 25.5 Å². The van der Waals surface area contributed by atoms with Gasteiger partial charge in [-0.25, -0.2) is 4.98 Å². The van der Waals surface area contributed by atoms with Gasteiger partial charge in [-0.3, -0.25) is 4.79 Å². The molecule has 0 aliphatic carbocycles. The number of carbonyl (C=O) groups is 1. The molecule has 1 amide bonds. The maximum Gasteiger partial charge on any atom is 0.228 e. The lowest BCUT2D eigenvalue weighted by Gasteiger charge is -2.15. The van der Waals surface area contributed by atoms with Crippen molar-refractivity contribution in [3.63, 3.8) is 0 Å². The quantitative estimate of drug-likeness (QED) is 0.707. The molecule has 0 bridgehead atoms. The van der Waals surface area contributed by atoms with Crippen LogP contribution >= 0.6 is 0 Å². The van der Waals surface area contributed by atoms with E-state index in [0.29, 0.717) is 17.2 Å². The van der Waals surface area contributed by atoms with Crippen LogP contribution in [0.1, 0.15) is 48.9 Å². The van der Waals surface area contributed by atoms with Crippen LogP contribution in [-0.2, 0) is 4.79 Å². The van der Waals surface area contributed by atoms with Crippen LogP contribution in [0.4, 0.5) is 5.82 Å². The van der Waals surface area contributed by atoms with Gasteiger partial charge >= 0.3 is 0 Å². The van der Waals surface area contributed by atoms with E-state index in [4.69, 9.17) is 4.98 Å². The number of amides is 1. The van der Waals surface area contributed by atoms with Gasteiger partial charge in [0, 0.05) is 11.3 Å². The highest BCUT2D eigenvalue weighted by molar-refractivity contribution is 5.93. The summed E-state index contributed by atoms with van der Waals surface area (Å²) < 4.78 is 1.55. The number of carbonyl (C=O) groups excluding carboxylic acids is 1. The first-order valence-corrected chi connectivity index (χ1v) is 9.57. The van der Waals surface area contributed by atoms with E-state index in [1.54, 1.807) is 4.68 Å². The molecule has 28 heavy (non-hydrogen) atoms. The molecular weight excluding hydrogens is 350 g/mol. The number of nitrogens with zero attached hydrogens (tertiary/aromatic N) is 4. The van der Waals surface area contributed by atoms with E-state index in [2.05, 4.69) is 35.5 Å². The first-order chi connectivity index (χ1) is 13.4. The van der Waals surface area contributed by atoms with Crippen molar-refractivity contribution in [2.24, 2.45) is 5.92 Å². The number of aryl methyl sites for hydroxylation is 3. The number of hydrogen-bond donors (Lipinski definition) is 1. The Labute approximate surface area is 165 Å². The Bertz CT molecular complexity index is 1090. The van der Waals surface area contributed by atoms with E-state index < -0.39 is 0 Å². The molecule has 6 heteroatoms. The molecular formula is C22H25N5O. The minimum atomic E-state index is -0.105. The number of benzene rings is 1. The van der Waals surface area contributed by atoms with Crippen LogP contribution in [0.2, 0.25) is 0 Å². The van der Waals surface area contributed by atoms with Gasteiger partial charge in [-0.05, 0) is 56.9 Å². The van der Waals surface area contributed by atoms with E-state index in [1.165, 1.54) is 11.8 Å². The van der Waals surface area contributed by atoms with Crippen molar-refractivity contribution in [1.82, 2.24) is 14.8 Å². The molecule has 0 aliphatic heterocycles. The third kappa shape index (κ3) is 3.48. The Morgan fingerprint density at radius 1 is 1.18 bits per heavy atom. The number of nitriles is 1. The summed E-state index contributed by atoms with van der Waals surface area (Å²) in [5.74, 6) is 0.743. The molecule has 144 valence electrons. The van der Waals surface area contributed by atoms with Crippen molar-refractivity contribution in [3.05, 3.63) is 46.6 Å². The summed E-state index contributed by atoms with van der Waals surface area (Å²) in [7, 11) is 0. The molecule has 2 heterocycles. The predicted molar refractivity (Wildman–Crippen MR) is 110 cm³/mol. The number of anilines is 1. The number of aromatic nitrogens is 3. The van der Waals surface area contributed by atoms with Crippen LogP contribution in [-0.4, -0.2) is 20.7 Å². The van der Waals surface area contributed by atoms with Crippen LogP contribution in [0.25, 0.3) is 16.7 Å². The summed E-state index contributed by atoms with van der Waals surface area (Å²) >= 11 is 0. The van der Waals surface area contributed by atoms with Gasteiger partial charge in [0.2, 0.25) is 5.91 Å².